The summed E-state index contributed by atoms with van der Waals surface area (Å²) in [7, 11) is 0. The van der Waals surface area contributed by atoms with Gasteiger partial charge in [-0.15, -0.1) is 32.9 Å². The normalized spacial score (nSPS) is 14.0. The van der Waals surface area contributed by atoms with Gasteiger partial charge in [0.2, 0.25) is 0 Å². The molecular formula is C17H14N4O2S3. The van der Waals surface area contributed by atoms with E-state index in [2.05, 4.69) is 15.2 Å². The van der Waals surface area contributed by atoms with Crippen LogP contribution in [0.2, 0.25) is 0 Å². The molecule has 1 aliphatic carbocycles. The average molecular weight is 403 g/mol. The van der Waals surface area contributed by atoms with Gasteiger partial charge in [-0.05, 0) is 37.1 Å². The van der Waals surface area contributed by atoms with E-state index >= 15 is 0 Å². The number of thiophene rings is 1. The number of thiazole rings is 1. The molecule has 5 rings (SSSR count). The Bertz CT molecular complexity index is 1130. The van der Waals surface area contributed by atoms with Crippen LogP contribution in [-0.4, -0.2) is 19.6 Å². The number of hydrogen-bond donors (Lipinski definition) is 0. The maximum atomic E-state index is 12.6. The predicted octanol–water partition coefficient (Wildman–Crippen LogP) is 4.04. The van der Waals surface area contributed by atoms with Crippen LogP contribution in [0.1, 0.15) is 29.1 Å². The van der Waals surface area contributed by atoms with Gasteiger partial charge in [0.1, 0.15) is 0 Å². The standard InChI is InChI=1S/C17H14N4O2S3/c22-14-8-10(18-16-21(14)11-4-1-2-5-12(11)26-16)9-25-17-20-19-15(23-17)13-6-3-7-24-13/h3,6-8H,1-2,4-5,9H2. The number of aryl methyl sites for hydroxylation is 2. The fourth-order valence-corrected chi connectivity index (χ4v) is 5.65. The summed E-state index contributed by atoms with van der Waals surface area (Å²) < 4.78 is 7.46. The van der Waals surface area contributed by atoms with Crippen LogP contribution in [0.25, 0.3) is 15.7 Å². The molecule has 0 radical (unpaired) electrons. The summed E-state index contributed by atoms with van der Waals surface area (Å²) in [6, 6.07) is 5.52. The van der Waals surface area contributed by atoms with Crippen LogP contribution in [0.3, 0.4) is 0 Å². The SMILES string of the molecule is O=c1cc(CSc2nnc(-c3cccs3)o2)nc2sc3c(n12)CCCC3. The van der Waals surface area contributed by atoms with Crippen LogP contribution in [0.15, 0.2) is 38.0 Å². The van der Waals surface area contributed by atoms with Crippen molar-refractivity contribution < 1.29 is 4.42 Å². The zero-order valence-electron chi connectivity index (χ0n) is 13.7. The molecule has 4 aromatic rings. The molecule has 1 aliphatic rings. The Kier molecular flexibility index (Phi) is 4.14. The summed E-state index contributed by atoms with van der Waals surface area (Å²) in [6.45, 7) is 0. The third-order valence-electron chi connectivity index (χ3n) is 4.30. The summed E-state index contributed by atoms with van der Waals surface area (Å²) in [5.41, 5.74) is 1.91. The Hall–Kier alpha value is -1.97. The van der Waals surface area contributed by atoms with Gasteiger partial charge < -0.3 is 4.42 Å². The second-order valence-corrected chi connectivity index (χ2v) is 8.96. The van der Waals surface area contributed by atoms with Gasteiger partial charge in [0.05, 0.1) is 10.6 Å². The molecule has 0 saturated carbocycles. The first kappa shape index (κ1) is 16.2. The first-order valence-electron chi connectivity index (χ1n) is 8.31. The minimum absolute atomic E-state index is 0.00908. The first-order valence-corrected chi connectivity index (χ1v) is 11.0. The zero-order valence-corrected chi connectivity index (χ0v) is 16.1. The highest BCUT2D eigenvalue weighted by molar-refractivity contribution is 7.98. The molecule has 132 valence electrons. The Morgan fingerprint density at radius 2 is 2.19 bits per heavy atom. The molecule has 26 heavy (non-hydrogen) atoms. The predicted molar refractivity (Wildman–Crippen MR) is 103 cm³/mol. The van der Waals surface area contributed by atoms with Crippen LogP contribution < -0.4 is 5.56 Å². The average Bonchev–Trinajstić information content (AvgIpc) is 3.37. The van der Waals surface area contributed by atoms with E-state index in [-0.39, 0.29) is 5.56 Å². The van der Waals surface area contributed by atoms with Crippen molar-refractivity contribution in [2.24, 2.45) is 0 Å². The van der Waals surface area contributed by atoms with E-state index in [1.807, 2.05) is 17.5 Å². The lowest BCUT2D eigenvalue weighted by atomic mass is 10.0. The Balaban J connectivity index is 1.39. The van der Waals surface area contributed by atoms with E-state index in [9.17, 15) is 4.79 Å². The zero-order chi connectivity index (χ0) is 17.5. The molecule has 0 atom stereocenters. The lowest BCUT2D eigenvalue weighted by molar-refractivity contribution is 0.466. The maximum absolute atomic E-state index is 12.6. The third kappa shape index (κ3) is 2.89. The minimum Gasteiger partial charge on any atom is -0.410 e. The van der Waals surface area contributed by atoms with E-state index in [0.717, 1.165) is 40.5 Å². The van der Waals surface area contributed by atoms with Crippen LogP contribution in [0, 0.1) is 0 Å². The molecular weight excluding hydrogens is 388 g/mol. The fraction of sp³-hybridized carbons (Fsp3) is 0.294. The van der Waals surface area contributed by atoms with Crippen LogP contribution >= 0.6 is 34.4 Å². The van der Waals surface area contributed by atoms with Crippen LogP contribution in [0.5, 0.6) is 0 Å². The van der Waals surface area contributed by atoms with Gasteiger partial charge >= 0.3 is 0 Å². The molecule has 0 N–H and O–H groups in total. The highest BCUT2D eigenvalue weighted by Gasteiger charge is 2.19. The monoisotopic (exact) mass is 402 g/mol. The van der Waals surface area contributed by atoms with Gasteiger partial charge in [-0.25, -0.2) is 4.98 Å². The van der Waals surface area contributed by atoms with Crippen molar-refractivity contribution in [3.8, 4) is 10.8 Å². The van der Waals surface area contributed by atoms with E-state index in [4.69, 9.17) is 4.42 Å². The third-order valence-corrected chi connectivity index (χ3v) is 7.15. The quantitative estimate of drug-likeness (QED) is 0.480. The summed E-state index contributed by atoms with van der Waals surface area (Å²) in [5.74, 6) is 1.05. The van der Waals surface area contributed by atoms with E-state index in [1.54, 1.807) is 33.1 Å². The van der Waals surface area contributed by atoms with Crippen molar-refractivity contribution in [3.63, 3.8) is 0 Å². The van der Waals surface area contributed by atoms with Crippen molar-refractivity contribution >= 4 is 39.4 Å². The van der Waals surface area contributed by atoms with Gasteiger partial charge in [-0.3, -0.25) is 9.20 Å². The van der Waals surface area contributed by atoms with Gasteiger partial charge in [0, 0.05) is 22.4 Å². The van der Waals surface area contributed by atoms with Gasteiger partial charge in [-0.2, -0.15) is 0 Å². The van der Waals surface area contributed by atoms with Crippen molar-refractivity contribution in [1.82, 2.24) is 19.6 Å². The largest absolute Gasteiger partial charge is 0.410 e. The number of aromatic nitrogens is 4. The van der Waals surface area contributed by atoms with E-state index < -0.39 is 0 Å². The highest BCUT2D eigenvalue weighted by atomic mass is 32.2. The second-order valence-electron chi connectivity index (χ2n) is 6.02. The Morgan fingerprint density at radius 3 is 3.08 bits per heavy atom. The topological polar surface area (TPSA) is 73.3 Å². The minimum atomic E-state index is 0.00908. The highest BCUT2D eigenvalue weighted by Crippen LogP contribution is 2.30. The molecule has 4 aromatic heterocycles. The van der Waals surface area contributed by atoms with Crippen molar-refractivity contribution in [2.75, 3.05) is 0 Å². The maximum Gasteiger partial charge on any atom is 0.277 e. The van der Waals surface area contributed by atoms with E-state index in [0.29, 0.717) is 16.9 Å². The van der Waals surface area contributed by atoms with Crippen molar-refractivity contribution in [2.45, 2.75) is 36.7 Å². The lowest BCUT2D eigenvalue weighted by Crippen LogP contribution is -2.17. The number of nitrogens with zero attached hydrogens (tertiary/aromatic N) is 4. The number of rotatable bonds is 4. The number of hydrogen-bond acceptors (Lipinski definition) is 8. The molecule has 0 aliphatic heterocycles. The molecule has 0 fully saturated rings. The van der Waals surface area contributed by atoms with Gasteiger partial charge in [-0.1, -0.05) is 17.8 Å². The molecule has 6 nitrogen and oxygen atoms in total. The van der Waals surface area contributed by atoms with Crippen LogP contribution in [0.4, 0.5) is 0 Å². The summed E-state index contributed by atoms with van der Waals surface area (Å²) in [6.07, 6.45) is 4.37. The number of fused-ring (bicyclic) bond motifs is 3. The number of thioether (sulfide) groups is 1. The lowest BCUT2D eigenvalue weighted by Gasteiger charge is -2.09. The molecule has 9 heteroatoms. The van der Waals surface area contributed by atoms with Crippen LogP contribution in [-0.2, 0) is 18.6 Å². The smallest absolute Gasteiger partial charge is 0.277 e. The molecule has 0 saturated heterocycles. The molecule has 0 amide bonds. The second kappa shape index (κ2) is 6.64. The van der Waals surface area contributed by atoms with Gasteiger partial charge in [0.25, 0.3) is 16.7 Å². The molecule has 0 aromatic carbocycles. The molecule has 0 spiro atoms. The van der Waals surface area contributed by atoms with E-state index in [1.165, 1.54) is 23.1 Å². The fourth-order valence-electron chi connectivity index (χ4n) is 3.12. The molecule has 0 bridgehead atoms. The summed E-state index contributed by atoms with van der Waals surface area (Å²) in [5, 5.41) is 10.6. The van der Waals surface area contributed by atoms with Gasteiger partial charge in [0.15, 0.2) is 4.96 Å². The molecule has 4 heterocycles. The Labute approximate surface area is 160 Å². The van der Waals surface area contributed by atoms with Crippen molar-refractivity contribution in [3.05, 3.63) is 50.2 Å². The Morgan fingerprint density at radius 1 is 1.27 bits per heavy atom. The summed E-state index contributed by atoms with van der Waals surface area (Å²) in [4.78, 5) is 20.3. The summed E-state index contributed by atoms with van der Waals surface area (Å²) >= 11 is 4.61. The first-order chi connectivity index (χ1) is 12.8. The van der Waals surface area contributed by atoms with Crippen molar-refractivity contribution in [1.29, 1.82) is 0 Å². The molecule has 0 unspecified atom stereocenters.